The molecule has 1 aromatic heterocycles. The van der Waals surface area contributed by atoms with E-state index in [9.17, 15) is 4.21 Å². The number of fused-ring (bicyclic) bond motifs is 1. The Morgan fingerprint density at radius 2 is 2.17 bits per heavy atom. The smallest absolute Gasteiger partial charge is 0.186 e. The van der Waals surface area contributed by atoms with Gasteiger partial charge in [0.15, 0.2) is 11.1 Å². The second-order valence-electron chi connectivity index (χ2n) is 2.37. The predicted molar refractivity (Wildman–Crippen MR) is 50.9 cm³/mol. The lowest BCUT2D eigenvalue weighted by Crippen LogP contribution is -1.85. The largest absolute Gasteiger partial charge is 0.302 e. The van der Waals surface area contributed by atoms with Crippen LogP contribution >= 0.6 is 11.3 Å². The lowest BCUT2D eigenvalue weighted by molar-refractivity contribution is 0.564. The van der Waals surface area contributed by atoms with E-state index >= 15 is 0 Å². The summed E-state index contributed by atoms with van der Waals surface area (Å²) in [4.78, 5) is 0.463. The van der Waals surface area contributed by atoms with Crippen molar-refractivity contribution in [3.05, 3.63) is 29.6 Å². The minimum Gasteiger partial charge on any atom is -0.302 e. The average molecular weight is 198 g/mol. The highest BCUT2D eigenvalue weighted by molar-refractivity contribution is 7.79. The molecule has 1 heterocycles. The van der Waals surface area contributed by atoms with E-state index in [1.165, 1.54) is 0 Å². The third-order valence-corrected chi connectivity index (χ3v) is 3.17. The van der Waals surface area contributed by atoms with E-state index in [0.717, 1.165) is 10.1 Å². The van der Waals surface area contributed by atoms with Crippen LogP contribution in [-0.4, -0.2) is 8.76 Å². The molecule has 0 amide bonds. The van der Waals surface area contributed by atoms with Gasteiger partial charge >= 0.3 is 0 Å². The van der Waals surface area contributed by atoms with E-state index in [1.54, 1.807) is 23.5 Å². The monoisotopic (exact) mass is 198 g/mol. The van der Waals surface area contributed by atoms with Gasteiger partial charge in [-0.05, 0) is 29.0 Å². The van der Waals surface area contributed by atoms with Gasteiger partial charge in [-0.2, -0.15) is 0 Å². The van der Waals surface area contributed by atoms with E-state index in [0.29, 0.717) is 4.90 Å². The van der Waals surface area contributed by atoms with E-state index in [2.05, 4.69) is 0 Å². The Morgan fingerprint density at radius 1 is 1.33 bits per heavy atom. The van der Waals surface area contributed by atoms with E-state index in [-0.39, 0.29) is 0 Å². The molecule has 2 aromatic rings. The maximum Gasteiger partial charge on any atom is 0.186 e. The molecule has 2 rings (SSSR count). The minimum absolute atomic E-state index is 0.463. The minimum atomic E-state index is -1.86. The van der Waals surface area contributed by atoms with Crippen LogP contribution in [0.4, 0.5) is 0 Å². The topological polar surface area (TPSA) is 37.3 Å². The lowest BCUT2D eigenvalue weighted by Gasteiger charge is -1.93. The first-order valence-corrected chi connectivity index (χ1v) is 5.34. The van der Waals surface area contributed by atoms with Crippen LogP contribution in [0.3, 0.4) is 0 Å². The van der Waals surface area contributed by atoms with Gasteiger partial charge in [-0.15, -0.1) is 11.3 Å². The fraction of sp³-hybridized carbons (Fsp3) is 0. The molecule has 0 aliphatic carbocycles. The van der Waals surface area contributed by atoms with Crippen molar-refractivity contribution in [3.8, 4) is 0 Å². The highest BCUT2D eigenvalue weighted by atomic mass is 32.2. The van der Waals surface area contributed by atoms with Crippen molar-refractivity contribution in [1.29, 1.82) is 0 Å². The van der Waals surface area contributed by atoms with Crippen LogP contribution in [0.2, 0.25) is 0 Å². The van der Waals surface area contributed by atoms with Crippen LogP contribution in [0.5, 0.6) is 0 Å². The van der Waals surface area contributed by atoms with Crippen molar-refractivity contribution >= 4 is 32.5 Å². The van der Waals surface area contributed by atoms with E-state index in [4.69, 9.17) is 4.55 Å². The van der Waals surface area contributed by atoms with Crippen LogP contribution in [0, 0.1) is 0 Å². The molecule has 12 heavy (non-hydrogen) atoms. The summed E-state index contributed by atoms with van der Waals surface area (Å²) >= 11 is -0.289. The third-order valence-electron chi connectivity index (χ3n) is 1.63. The summed E-state index contributed by atoms with van der Waals surface area (Å²) < 4.78 is 20.5. The van der Waals surface area contributed by atoms with Crippen LogP contribution in [0.15, 0.2) is 34.5 Å². The van der Waals surface area contributed by atoms with Gasteiger partial charge in [-0.1, -0.05) is 6.07 Å². The summed E-state index contributed by atoms with van der Waals surface area (Å²) in [5.41, 5.74) is 0. The molecule has 1 N–H and O–H groups in total. The molecule has 0 fully saturated rings. The van der Waals surface area contributed by atoms with Crippen molar-refractivity contribution < 1.29 is 8.76 Å². The Kier molecular flexibility index (Phi) is 1.96. The number of hydrogen-bond donors (Lipinski definition) is 1. The first-order chi connectivity index (χ1) is 5.77. The van der Waals surface area contributed by atoms with Gasteiger partial charge in [0.05, 0.1) is 4.90 Å². The molecule has 0 aliphatic heterocycles. The molecule has 1 atom stereocenters. The zero-order valence-electron chi connectivity index (χ0n) is 6.06. The third kappa shape index (κ3) is 1.29. The van der Waals surface area contributed by atoms with Crippen LogP contribution < -0.4 is 0 Å². The fourth-order valence-electron chi connectivity index (χ4n) is 1.04. The molecule has 0 saturated heterocycles. The molecule has 4 heteroatoms. The average Bonchev–Trinajstić information content (AvgIpc) is 2.49. The second-order valence-corrected chi connectivity index (χ2v) is 4.29. The Balaban J connectivity index is 2.68. The number of rotatable bonds is 1. The molecule has 0 aliphatic rings. The number of thiophene rings is 1. The maximum absolute atomic E-state index is 10.7. The summed E-state index contributed by atoms with van der Waals surface area (Å²) in [7, 11) is 0. The highest BCUT2D eigenvalue weighted by Crippen LogP contribution is 2.22. The van der Waals surface area contributed by atoms with E-state index < -0.39 is 11.1 Å². The van der Waals surface area contributed by atoms with Crippen molar-refractivity contribution in [2.75, 3.05) is 0 Å². The standard InChI is InChI=1S/C8H6O2S2/c9-12(10)7-2-1-6-3-4-11-8(6)5-7/h1-5H,(H,9,10). The van der Waals surface area contributed by atoms with Gasteiger partial charge in [-0.25, -0.2) is 4.21 Å². The molecule has 2 nitrogen and oxygen atoms in total. The zero-order valence-corrected chi connectivity index (χ0v) is 7.69. The van der Waals surface area contributed by atoms with Gasteiger partial charge in [0, 0.05) is 4.70 Å². The SMILES string of the molecule is O=S(O)c1ccc2ccsc2c1. The normalized spacial score (nSPS) is 13.4. The Hall–Kier alpha value is -0.710. The van der Waals surface area contributed by atoms with Gasteiger partial charge in [0.25, 0.3) is 0 Å². The molecule has 0 radical (unpaired) electrons. The summed E-state index contributed by atoms with van der Waals surface area (Å²) in [6, 6.07) is 7.26. The summed E-state index contributed by atoms with van der Waals surface area (Å²) in [6.45, 7) is 0. The maximum atomic E-state index is 10.7. The Morgan fingerprint density at radius 3 is 2.92 bits per heavy atom. The molecule has 0 bridgehead atoms. The predicted octanol–water partition coefficient (Wildman–Crippen LogP) is 2.48. The number of benzene rings is 1. The van der Waals surface area contributed by atoms with Crippen LogP contribution in [0.1, 0.15) is 0 Å². The molecule has 0 saturated carbocycles. The van der Waals surface area contributed by atoms with Crippen LogP contribution in [-0.2, 0) is 11.1 Å². The van der Waals surface area contributed by atoms with Crippen molar-refractivity contribution in [2.24, 2.45) is 0 Å². The molecule has 0 spiro atoms. The zero-order chi connectivity index (χ0) is 8.55. The van der Waals surface area contributed by atoms with Gasteiger partial charge in [0.2, 0.25) is 0 Å². The summed E-state index contributed by atoms with van der Waals surface area (Å²) in [5.74, 6) is 0. The van der Waals surface area contributed by atoms with Gasteiger partial charge in [0.1, 0.15) is 0 Å². The van der Waals surface area contributed by atoms with Crippen molar-refractivity contribution in [2.45, 2.75) is 4.90 Å². The molecule has 1 unspecified atom stereocenters. The van der Waals surface area contributed by atoms with E-state index in [1.807, 2.05) is 17.5 Å². The summed E-state index contributed by atoms with van der Waals surface area (Å²) in [6.07, 6.45) is 0. The molecule has 62 valence electrons. The molecular weight excluding hydrogens is 192 g/mol. The van der Waals surface area contributed by atoms with Gasteiger partial charge in [-0.3, -0.25) is 0 Å². The first-order valence-electron chi connectivity index (χ1n) is 3.35. The number of hydrogen-bond acceptors (Lipinski definition) is 2. The van der Waals surface area contributed by atoms with Gasteiger partial charge < -0.3 is 4.55 Å². The Bertz CT molecular complexity index is 433. The molecule has 1 aromatic carbocycles. The van der Waals surface area contributed by atoms with Crippen LogP contribution in [0.25, 0.3) is 10.1 Å². The first kappa shape index (κ1) is 7.91. The lowest BCUT2D eigenvalue weighted by atomic mass is 10.3. The fourth-order valence-corrected chi connectivity index (χ4v) is 2.35. The second kappa shape index (κ2) is 2.97. The van der Waals surface area contributed by atoms with Crippen molar-refractivity contribution in [3.63, 3.8) is 0 Å². The Labute approximate surface area is 76.1 Å². The summed E-state index contributed by atoms with van der Waals surface area (Å²) in [5, 5.41) is 3.09. The highest BCUT2D eigenvalue weighted by Gasteiger charge is 2.01. The molecular formula is C8H6O2S2. The quantitative estimate of drug-likeness (QED) is 0.715. The van der Waals surface area contributed by atoms with Crippen molar-refractivity contribution in [1.82, 2.24) is 0 Å².